The number of carbonyl (C=O) groups is 1. The van der Waals surface area contributed by atoms with Crippen LogP contribution in [0.3, 0.4) is 0 Å². The van der Waals surface area contributed by atoms with E-state index in [9.17, 15) is 4.79 Å². The Labute approximate surface area is 126 Å². The number of piperidine rings is 1. The molecule has 0 aromatic heterocycles. The molecule has 0 spiro atoms. The van der Waals surface area contributed by atoms with E-state index in [1.165, 1.54) is 0 Å². The Hall–Kier alpha value is -1.99. The van der Waals surface area contributed by atoms with Crippen LogP contribution in [0.4, 0.5) is 10.5 Å². The van der Waals surface area contributed by atoms with E-state index < -0.39 is 0 Å². The third-order valence-corrected chi connectivity index (χ3v) is 3.87. The van der Waals surface area contributed by atoms with E-state index in [2.05, 4.69) is 24.1 Å². The van der Waals surface area contributed by atoms with Crippen molar-refractivity contribution in [1.29, 1.82) is 0 Å². The van der Waals surface area contributed by atoms with Crippen molar-refractivity contribution in [2.24, 2.45) is 11.7 Å². The smallest absolute Gasteiger partial charge is 0.321 e. The molecule has 3 N–H and O–H groups in total. The first-order valence-corrected chi connectivity index (χ1v) is 7.45. The largest absolute Gasteiger partial charge is 0.325 e. The van der Waals surface area contributed by atoms with Crippen molar-refractivity contribution >= 4 is 11.7 Å². The van der Waals surface area contributed by atoms with Crippen molar-refractivity contribution in [3.63, 3.8) is 0 Å². The molecule has 2 amide bonds. The summed E-state index contributed by atoms with van der Waals surface area (Å²) >= 11 is 0. The number of rotatable bonds is 1. The van der Waals surface area contributed by atoms with Gasteiger partial charge in [0.2, 0.25) is 0 Å². The van der Waals surface area contributed by atoms with Crippen LogP contribution in [0.1, 0.15) is 30.9 Å². The SMILES string of the molecule is Cc1cc(NC(=O)N2CCC(C)CC2)ccc1C#CCN. The Morgan fingerprint density at radius 3 is 2.76 bits per heavy atom. The highest BCUT2D eigenvalue weighted by Crippen LogP contribution is 2.18. The van der Waals surface area contributed by atoms with Gasteiger partial charge in [0.25, 0.3) is 0 Å². The number of carbonyl (C=O) groups excluding carboxylic acids is 1. The summed E-state index contributed by atoms with van der Waals surface area (Å²) in [6.07, 6.45) is 2.17. The first kappa shape index (κ1) is 15.4. The summed E-state index contributed by atoms with van der Waals surface area (Å²) in [6.45, 7) is 6.25. The number of hydrogen-bond acceptors (Lipinski definition) is 2. The molecule has 1 saturated heterocycles. The highest BCUT2D eigenvalue weighted by molar-refractivity contribution is 5.89. The fraction of sp³-hybridized carbons (Fsp3) is 0.471. The number of nitrogens with two attached hydrogens (primary N) is 1. The lowest BCUT2D eigenvalue weighted by Gasteiger charge is -2.30. The van der Waals surface area contributed by atoms with Crippen LogP contribution in [0.2, 0.25) is 0 Å². The van der Waals surface area contributed by atoms with Crippen molar-refractivity contribution in [2.45, 2.75) is 26.7 Å². The third kappa shape index (κ3) is 4.24. The number of amides is 2. The van der Waals surface area contributed by atoms with Crippen molar-refractivity contribution in [3.05, 3.63) is 29.3 Å². The molecule has 1 aliphatic heterocycles. The normalized spacial score (nSPS) is 15.3. The topological polar surface area (TPSA) is 58.4 Å². The van der Waals surface area contributed by atoms with Crippen molar-refractivity contribution in [3.8, 4) is 11.8 Å². The number of benzene rings is 1. The van der Waals surface area contributed by atoms with Gasteiger partial charge in [0.15, 0.2) is 0 Å². The maximum absolute atomic E-state index is 12.2. The fourth-order valence-corrected chi connectivity index (χ4v) is 2.44. The summed E-state index contributed by atoms with van der Waals surface area (Å²) in [7, 11) is 0. The lowest BCUT2D eigenvalue weighted by molar-refractivity contribution is 0.186. The van der Waals surface area contributed by atoms with Gasteiger partial charge in [0.1, 0.15) is 0 Å². The average molecular weight is 285 g/mol. The predicted octanol–water partition coefficient (Wildman–Crippen LogP) is 2.57. The predicted molar refractivity (Wildman–Crippen MR) is 86.1 cm³/mol. The minimum Gasteiger partial charge on any atom is -0.325 e. The third-order valence-electron chi connectivity index (χ3n) is 3.87. The zero-order valence-corrected chi connectivity index (χ0v) is 12.8. The summed E-state index contributed by atoms with van der Waals surface area (Å²) < 4.78 is 0. The maximum atomic E-state index is 12.2. The van der Waals surface area contributed by atoms with E-state index in [1.807, 2.05) is 30.0 Å². The van der Waals surface area contributed by atoms with Crippen LogP contribution in [-0.4, -0.2) is 30.6 Å². The number of likely N-dealkylation sites (tertiary alicyclic amines) is 1. The Bertz CT molecular complexity index is 563. The van der Waals surface area contributed by atoms with Gasteiger partial charge in [-0.15, -0.1) is 0 Å². The second-order valence-corrected chi connectivity index (χ2v) is 5.64. The second kappa shape index (κ2) is 7.14. The maximum Gasteiger partial charge on any atom is 0.321 e. The standard InChI is InChI=1S/C17H23N3O/c1-13-7-10-20(11-8-13)17(21)19-16-6-5-15(4-3-9-18)14(2)12-16/h5-6,12-13H,7-11,18H2,1-2H3,(H,19,21). The molecule has 112 valence electrons. The number of aryl methyl sites for hydroxylation is 1. The molecule has 1 aromatic rings. The molecule has 1 aliphatic rings. The van der Waals surface area contributed by atoms with Gasteiger partial charge in [-0.3, -0.25) is 0 Å². The van der Waals surface area contributed by atoms with E-state index in [-0.39, 0.29) is 6.03 Å². The quantitative estimate of drug-likeness (QED) is 0.779. The molecule has 0 saturated carbocycles. The zero-order chi connectivity index (χ0) is 15.2. The number of nitrogens with one attached hydrogen (secondary N) is 1. The van der Waals surface area contributed by atoms with Gasteiger partial charge in [-0.2, -0.15) is 0 Å². The van der Waals surface area contributed by atoms with Crippen LogP contribution < -0.4 is 11.1 Å². The summed E-state index contributed by atoms with van der Waals surface area (Å²) in [4.78, 5) is 14.1. The van der Waals surface area contributed by atoms with E-state index in [0.717, 1.165) is 48.7 Å². The van der Waals surface area contributed by atoms with Gasteiger partial charge in [0.05, 0.1) is 6.54 Å². The van der Waals surface area contributed by atoms with Gasteiger partial charge in [-0.25, -0.2) is 4.79 Å². The van der Waals surface area contributed by atoms with Gasteiger partial charge < -0.3 is 16.0 Å². The highest BCUT2D eigenvalue weighted by Gasteiger charge is 2.20. The summed E-state index contributed by atoms with van der Waals surface area (Å²) in [6, 6.07) is 5.75. The summed E-state index contributed by atoms with van der Waals surface area (Å²) in [5, 5.41) is 2.96. The van der Waals surface area contributed by atoms with Gasteiger partial charge >= 0.3 is 6.03 Å². The summed E-state index contributed by atoms with van der Waals surface area (Å²) in [5.41, 5.74) is 8.18. The molecule has 0 unspecified atom stereocenters. The van der Waals surface area contributed by atoms with Crippen molar-refractivity contribution in [2.75, 3.05) is 25.0 Å². The first-order chi connectivity index (χ1) is 10.1. The van der Waals surface area contributed by atoms with Gasteiger partial charge in [-0.05, 0) is 49.4 Å². The lowest BCUT2D eigenvalue weighted by Crippen LogP contribution is -2.40. The van der Waals surface area contributed by atoms with E-state index in [0.29, 0.717) is 6.54 Å². The minimum atomic E-state index is -0.0120. The van der Waals surface area contributed by atoms with Crippen LogP contribution in [0, 0.1) is 24.7 Å². The summed E-state index contributed by atoms with van der Waals surface area (Å²) in [5.74, 6) is 6.59. The molecule has 1 heterocycles. The van der Waals surface area contributed by atoms with Crippen LogP contribution in [-0.2, 0) is 0 Å². The molecule has 1 fully saturated rings. The van der Waals surface area contributed by atoms with Crippen LogP contribution in [0.5, 0.6) is 0 Å². The Balaban J connectivity index is 1.99. The monoisotopic (exact) mass is 285 g/mol. The molecule has 0 bridgehead atoms. The highest BCUT2D eigenvalue weighted by atomic mass is 16.2. The lowest BCUT2D eigenvalue weighted by atomic mass is 10.00. The Morgan fingerprint density at radius 2 is 2.14 bits per heavy atom. The number of hydrogen-bond donors (Lipinski definition) is 2. The molecule has 0 radical (unpaired) electrons. The Kier molecular flexibility index (Phi) is 5.24. The van der Waals surface area contributed by atoms with Crippen molar-refractivity contribution in [1.82, 2.24) is 4.90 Å². The Morgan fingerprint density at radius 1 is 1.43 bits per heavy atom. The van der Waals surface area contributed by atoms with E-state index in [1.54, 1.807) is 0 Å². The molecule has 4 heteroatoms. The van der Waals surface area contributed by atoms with E-state index >= 15 is 0 Å². The van der Waals surface area contributed by atoms with Gasteiger partial charge in [-0.1, -0.05) is 18.8 Å². The molecule has 0 aliphatic carbocycles. The molecule has 0 atom stereocenters. The van der Waals surface area contributed by atoms with E-state index in [4.69, 9.17) is 5.73 Å². The average Bonchev–Trinajstić information content (AvgIpc) is 2.47. The van der Waals surface area contributed by atoms with Crippen LogP contribution in [0.15, 0.2) is 18.2 Å². The number of nitrogens with zero attached hydrogens (tertiary/aromatic N) is 1. The minimum absolute atomic E-state index is 0.0120. The molecular formula is C17H23N3O. The number of urea groups is 1. The molecule has 4 nitrogen and oxygen atoms in total. The van der Waals surface area contributed by atoms with Crippen molar-refractivity contribution < 1.29 is 4.79 Å². The van der Waals surface area contributed by atoms with Gasteiger partial charge in [0, 0.05) is 24.3 Å². The first-order valence-electron chi connectivity index (χ1n) is 7.45. The molecule has 1 aromatic carbocycles. The molecule has 2 rings (SSSR count). The fourth-order valence-electron chi connectivity index (χ4n) is 2.44. The zero-order valence-electron chi connectivity index (χ0n) is 12.8. The molecular weight excluding hydrogens is 262 g/mol. The number of anilines is 1. The van der Waals surface area contributed by atoms with Crippen LogP contribution in [0.25, 0.3) is 0 Å². The van der Waals surface area contributed by atoms with Crippen LogP contribution >= 0.6 is 0 Å². The molecule has 21 heavy (non-hydrogen) atoms. The second-order valence-electron chi connectivity index (χ2n) is 5.64.